The van der Waals surface area contributed by atoms with Crippen molar-refractivity contribution in [3.8, 4) is 0 Å². The van der Waals surface area contributed by atoms with Gasteiger partial charge in [0, 0.05) is 25.6 Å². The number of rotatable bonds is 7. The highest BCUT2D eigenvalue weighted by atomic mass is 16.4. The topological polar surface area (TPSA) is 86.7 Å². The van der Waals surface area contributed by atoms with Gasteiger partial charge in [-0.05, 0) is 19.8 Å². The molecule has 0 saturated carbocycles. The molecule has 6 nitrogen and oxygen atoms in total. The number of carbonyl (C=O) groups excluding carboxylic acids is 2. The Morgan fingerprint density at radius 3 is 2.15 bits per heavy atom. The molecule has 0 aromatic carbocycles. The van der Waals surface area contributed by atoms with Gasteiger partial charge in [-0.3, -0.25) is 9.59 Å². The number of carboxylic acids is 1. The van der Waals surface area contributed by atoms with Crippen LogP contribution in [0.25, 0.3) is 0 Å². The summed E-state index contributed by atoms with van der Waals surface area (Å²) in [5.41, 5.74) is 0.192. The first-order chi connectivity index (χ1) is 9.20. The Balaban J connectivity index is 4.94. The summed E-state index contributed by atoms with van der Waals surface area (Å²) in [6, 6.07) is -0.592. The predicted octanol–water partition coefficient (Wildman–Crippen LogP) is 1.03. The van der Waals surface area contributed by atoms with Gasteiger partial charge in [-0.1, -0.05) is 19.9 Å². The Hall–Kier alpha value is -1.85. The molecule has 0 aromatic rings. The molecule has 1 atom stereocenters. The molecule has 0 spiro atoms. The summed E-state index contributed by atoms with van der Waals surface area (Å²) < 4.78 is 0. The molecule has 0 radical (unpaired) electrons. The van der Waals surface area contributed by atoms with Crippen molar-refractivity contribution in [2.45, 2.75) is 40.7 Å². The summed E-state index contributed by atoms with van der Waals surface area (Å²) in [6.45, 7) is 9.03. The minimum absolute atomic E-state index is 0.0370. The van der Waals surface area contributed by atoms with Crippen LogP contribution in [0.5, 0.6) is 0 Å². The molecule has 0 aliphatic heterocycles. The summed E-state index contributed by atoms with van der Waals surface area (Å²) in [5, 5.41) is 11.4. The van der Waals surface area contributed by atoms with Crippen LogP contribution in [-0.2, 0) is 14.4 Å². The van der Waals surface area contributed by atoms with E-state index < -0.39 is 12.0 Å². The van der Waals surface area contributed by atoms with E-state index in [1.165, 1.54) is 24.8 Å². The van der Waals surface area contributed by atoms with Crippen molar-refractivity contribution in [3.63, 3.8) is 0 Å². The fraction of sp³-hybridized carbons (Fsp3) is 0.643. The lowest BCUT2D eigenvalue weighted by Gasteiger charge is -2.28. The normalized spacial score (nSPS) is 13.0. The summed E-state index contributed by atoms with van der Waals surface area (Å²) in [4.78, 5) is 35.8. The molecular weight excluding hydrogens is 260 g/mol. The van der Waals surface area contributed by atoms with Crippen LogP contribution < -0.4 is 5.32 Å². The lowest BCUT2D eigenvalue weighted by Crippen LogP contribution is -2.50. The van der Waals surface area contributed by atoms with Crippen LogP contribution in [-0.4, -0.2) is 46.9 Å². The van der Waals surface area contributed by atoms with Gasteiger partial charge in [0.2, 0.25) is 11.8 Å². The Kier molecular flexibility index (Phi) is 7.57. The zero-order valence-corrected chi connectivity index (χ0v) is 12.8. The monoisotopic (exact) mass is 284 g/mol. The van der Waals surface area contributed by atoms with Gasteiger partial charge in [-0.2, -0.15) is 0 Å². The van der Waals surface area contributed by atoms with Crippen molar-refractivity contribution < 1.29 is 19.5 Å². The third kappa shape index (κ3) is 5.86. The molecule has 0 bridgehead atoms. The van der Waals surface area contributed by atoms with Crippen molar-refractivity contribution in [1.82, 2.24) is 10.2 Å². The van der Waals surface area contributed by atoms with Gasteiger partial charge in [0.25, 0.3) is 0 Å². The van der Waals surface area contributed by atoms with E-state index in [9.17, 15) is 14.4 Å². The minimum atomic E-state index is -1.00. The van der Waals surface area contributed by atoms with E-state index in [0.717, 1.165) is 0 Å². The quantitative estimate of drug-likeness (QED) is 0.684. The van der Waals surface area contributed by atoms with Gasteiger partial charge >= 0.3 is 5.97 Å². The highest BCUT2D eigenvalue weighted by Crippen LogP contribution is 2.07. The van der Waals surface area contributed by atoms with Crippen LogP contribution >= 0.6 is 0 Å². The van der Waals surface area contributed by atoms with Crippen molar-refractivity contribution in [2.24, 2.45) is 5.92 Å². The summed E-state index contributed by atoms with van der Waals surface area (Å²) in [7, 11) is 0. The third-order valence-corrected chi connectivity index (χ3v) is 2.94. The summed E-state index contributed by atoms with van der Waals surface area (Å²) >= 11 is 0. The Labute approximate surface area is 119 Å². The molecule has 0 aliphatic rings. The van der Waals surface area contributed by atoms with E-state index in [4.69, 9.17) is 5.11 Å². The molecule has 0 saturated heterocycles. The van der Waals surface area contributed by atoms with Crippen molar-refractivity contribution in [2.75, 3.05) is 13.1 Å². The SMILES string of the molecule is CCN(C/C=C(\C)C(=O)O)C(=O)C(NC(C)=O)C(C)C. The van der Waals surface area contributed by atoms with Gasteiger partial charge in [-0.25, -0.2) is 4.79 Å². The standard InChI is InChI=1S/C14H24N2O4/c1-6-16(8-7-10(4)14(19)20)13(18)12(9(2)3)15-11(5)17/h7,9,12H,6,8H2,1-5H3,(H,15,17)(H,19,20)/b10-7+. The number of likely N-dealkylation sites (N-methyl/N-ethyl adjacent to an activating group) is 1. The molecular formula is C14H24N2O4. The number of nitrogens with one attached hydrogen (secondary N) is 1. The molecule has 0 aromatic heterocycles. The molecule has 2 N–H and O–H groups in total. The lowest BCUT2D eigenvalue weighted by atomic mass is 10.0. The first kappa shape index (κ1) is 18.1. The number of carboxylic acid groups (broad SMARTS) is 1. The number of aliphatic carboxylic acids is 1. The van der Waals surface area contributed by atoms with Gasteiger partial charge in [0.1, 0.15) is 6.04 Å². The predicted molar refractivity (Wildman–Crippen MR) is 76.1 cm³/mol. The first-order valence-electron chi connectivity index (χ1n) is 6.66. The fourth-order valence-corrected chi connectivity index (χ4v) is 1.64. The molecule has 0 heterocycles. The number of hydrogen-bond donors (Lipinski definition) is 2. The van der Waals surface area contributed by atoms with E-state index in [-0.39, 0.29) is 29.9 Å². The second-order valence-electron chi connectivity index (χ2n) is 4.99. The average Bonchev–Trinajstić information content (AvgIpc) is 2.35. The van der Waals surface area contributed by atoms with Crippen LogP contribution in [0.1, 0.15) is 34.6 Å². The zero-order chi connectivity index (χ0) is 15.9. The fourth-order valence-electron chi connectivity index (χ4n) is 1.64. The molecule has 0 fully saturated rings. The van der Waals surface area contributed by atoms with Crippen LogP contribution in [0, 0.1) is 5.92 Å². The largest absolute Gasteiger partial charge is 0.478 e. The van der Waals surface area contributed by atoms with Gasteiger partial charge in [0.05, 0.1) is 0 Å². The average molecular weight is 284 g/mol. The first-order valence-corrected chi connectivity index (χ1v) is 6.66. The van der Waals surface area contributed by atoms with Crippen LogP contribution in [0.2, 0.25) is 0 Å². The highest BCUT2D eigenvalue weighted by molar-refractivity contribution is 5.88. The third-order valence-electron chi connectivity index (χ3n) is 2.94. The van der Waals surface area contributed by atoms with Crippen molar-refractivity contribution >= 4 is 17.8 Å². The molecule has 1 unspecified atom stereocenters. The van der Waals surface area contributed by atoms with Gasteiger partial charge in [-0.15, -0.1) is 0 Å². The van der Waals surface area contributed by atoms with Crippen LogP contribution in [0.15, 0.2) is 11.6 Å². The Morgan fingerprint density at radius 1 is 1.25 bits per heavy atom. The molecule has 0 aliphatic carbocycles. The van der Waals surface area contributed by atoms with Crippen LogP contribution in [0.4, 0.5) is 0 Å². The van der Waals surface area contributed by atoms with E-state index in [0.29, 0.717) is 6.54 Å². The molecule has 114 valence electrons. The number of carbonyl (C=O) groups is 3. The molecule has 6 heteroatoms. The number of hydrogen-bond acceptors (Lipinski definition) is 3. The zero-order valence-electron chi connectivity index (χ0n) is 12.8. The molecule has 20 heavy (non-hydrogen) atoms. The summed E-state index contributed by atoms with van der Waals surface area (Å²) in [5.74, 6) is -1.50. The minimum Gasteiger partial charge on any atom is -0.478 e. The van der Waals surface area contributed by atoms with E-state index in [1.54, 1.807) is 0 Å². The molecule has 2 amide bonds. The number of amides is 2. The second kappa shape index (κ2) is 8.35. The van der Waals surface area contributed by atoms with E-state index >= 15 is 0 Å². The van der Waals surface area contributed by atoms with Crippen LogP contribution in [0.3, 0.4) is 0 Å². The Bertz CT molecular complexity index is 402. The molecule has 0 rings (SSSR count). The maximum absolute atomic E-state index is 12.4. The maximum Gasteiger partial charge on any atom is 0.331 e. The Morgan fingerprint density at radius 2 is 1.80 bits per heavy atom. The highest BCUT2D eigenvalue weighted by Gasteiger charge is 2.26. The van der Waals surface area contributed by atoms with Gasteiger partial charge in [0.15, 0.2) is 0 Å². The van der Waals surface area contributed by atoms with Gasteiger partial charge < -0.3 is 15.3 Å². The summed E-state index contributed by atoms with van der Waals surface area (Å²) in [6.07, 6.45) is 1.49. The second-order valence-corrected chi connectivity index (χ2v) is 4.99. The smallest absolute Gasteiger partial charge is 0.331 e. The van der Waals surface area contributed by atoms with Crippen molar-refractivity contribution in [3.05, 3.63) is 11.6 Å². The van der Waals surface area contributed by atoms with E-state index in [1.807, 2.05) is 20.8 Å². The van der Waals surface area contributed by atoms with Crippen molar-refractivity contribution in [1.29, 1.82) is 0 Å². The maximum atomic E-state index is 12.4. The lowest BCUT2D eigenvalue weighted by molar-refractivity contribution is -0.136. The number of nitrogens with zero attached hydrogens (tertiary/aromatic N) is 1. The van der Waals surface area contributed by atoms with E-state index in [2.05, 4.69) is 5.32 Å².